The zero-order valence-corrected chi connectivity index (χ0v) is 13.4. The number of amides is 3. The number of rotatable bonds is 3. The highest BCUT2D eigenvalue weighted by molar-refractivity contribution is 5.94. The van der Waals surface area contributed by atoms with E-state index in [1.807, 2.05) is 23.1 Å². The number of nitrogens with one attached hydrogen (secondary N) is 2. The predicted molar refractivity (Wildman–Crippen MR) is 86.7 cm³/mol. The molecule has 1 heterocycles. The first-order valence-electron chi connectivity index (χ1n) is 7.94. The van der Waals surface area contributed by atoms with Gasteiger partial charge in [0, 0.05) is 32.2 Å². The molecule has 3 amide bonds. The molecule has 1 aromatic carbocycles. The lowest BCUT2D eigenvalue weighted by molar-refractivity contribution is 0.0963. The molecule has 5 heteroatoms. The molecular formula is C17H25N3O2. The molecule has 1 unspecified atom stereocenters. The first-order chi connectivity index (χ1) is 10.6. The summed E-state index contributed by atoms with van der Waals surface area (Å²) >= 11 is 0. The summed E-state index contributed by atoms with van der Waals surface area (Å²) < 4.78 is 0. The van der Waals surface area contributed by atoms with E-state index < -0.39 is 0 Å². The number of carbonyl (C=O) groups excluding carboxylic acids is 2. The molecule has 120 valence electrons. The van der Waals surface area contributed by atoms with Gasteiger partial charge < -0.3 is 15.5 Å². The zero-order valence-electron chi connectivity index (χ0n) is 13.4. The highest BCUT2D eigenvalue weighted by atomic mass is 16.2. The Labute approximate surface area is 132 Å². The zero-order chi connectivity index (χ0) is 15.9. The average molecular weight is 303 g/mol. The van der Waals surface area contributed by atoms with Gasteiger partial charge in [0.05, 0.1) is 0 Å². The van der Waals surface area contributed by atoms with Crippen LogP contribution in [0.2, 0.25) is 0 Å². The smallest absolute Gasteiger partial charge is 0.317 e. The van der Waals surface area contributed by atoms with Crippen LogP contribution in [0.15, 0.2) is 24.3 Å². The van der Waals surface area contributed by atoms with Crippen molar-refractivity contribution < 1.29 is 9.59 Å². The molecule has 0 aromatic heterocycles. The summed E-state index contributed by atoms with van der Waals surface area (Å²) in [7, 11) is 1.61. The Morgan fingerprint density at radius 2 is 2.09 bits per heavy atom. The van der Waals surface area contributed by atoms with Crippen molar-refractivity contribution in [1.82, 2.24) is 15.5 Å². The molecule has 1 atom stereocenters. The molecule has 1 aliphatic rings. The van der Waals surface area contributed by atoms with E-state index in [4.69, 9.17) is 0 Å². The van der Waals surface area contributed by atoms with Crippen molar-refractivity contribution in [3.05, 3.63) is 35.4 Å². The number of hydrogen-bond donors (Lipinski definition) is 2. The first kappa shape index (κ1) is 16.3. The molecule has 0 saturated carbocycles. The van der Waals surface area contributed by atoms with Crippen molar-refractivity contribution in [3.8, 4) is 0 Å². The lowest BCUT2D eigenvalue weighted by atomic mass is 10.0. The molecular weight excluding hydrogens is 278 g/mol. The summed E-state index contributed by atoms with van der Waals surface area (Å²) in [5.41, 5.74) is 1.54. The molecule has 0 radical (unpaired) electrons. The van der Waals surface area contributed by atoms with E-state index >= 15 is 0 Å². The van der Waals surface area contributed by atoms with E-state index in [9.17, 15) is 9.59 Å². The van der Waals surface area contributed by atoms with Crippen LogP contribution in [0.3, 0.4) is 0 Å². The minimum atomic E-state index is -0.116. The minimum Gasteiger partial charge on any atom is -0.355 e. The number of likely N-dealkylation sites (tertiary alicyclic amines) is 1. The van der Waals surface area contributed by atoms with Gasteiger partial charge in [0.1, 0.15) is 0 Å². The van der Waals surface area contributed by atoms with Crippen LogP contribution < -0.4 is 10.6 Å². The molecule has 1 fully saturated rings. The first-order valence-corrected chi connectivity index (χ1v) is 7.94. The second-order valence-corrected chi connectivity index (χ2v) is 5.96. The third-order valence-corrected chi connectivity index (χ3v) is 4.16. The number of hydrogen-bond acceptors (Lipinski definition) is 2. The number of benzene rings is 1. The maximum Gasteiger partial charge on any atom is 0.317 e. The van der Waals surface area contributed by atoms with Crippen LogP contribution in [0.5, 0.6) is 0 Å². The van der Waals surface area contributed by atoms with Crippen LogP contribution in [0.25, 0.3) is 0 Å². The van der Waals surface area contributed by atoms with Crippen molar-refractivity contribution in [1.29, 1.82) is 0 Å². The highest BCUT2D eigenvalue weighted by Crippen LogP contribution is 2.16. The van der Waals surface area contributed by atoms with Crippen LogP contribution in [0.1, 0.15) is 42.1 Å². The number of nitrogens with zero attached hydrogens (tertiary/aromatic N) is 1. The van der Waals surface area contributed by atoms with E-state index in [0.29, 0.717) is 18.0 Å². The third kappa shape index (κ3) is 4.48. The number of urea groups is 1. The normalized spacial score (nSPS) is 18.5. The van der Waals surface area contributed by atoms with Gasteiger partial charge in [0.2, 0.25) is 0 Å². The van der Waals surface area contributed by atoms with Crippen molar-refractivity contribution in [3.63, 3.8) is 0 Å². The van der Waals surface area contributed by atoms with Crippen LogP contribution in [0, 0.1) is 5.92 Å². The topological polar surface area (TPSA) is 61.4 Å². The molecule has 2 N–H and O–H groups in total. The fraction of sp³-hybridized carbons (Fsp3) is 0.529. The monoisotopic (exact) mass is 303 g/mol. The maximum atomic E-state index is 12.2. The second-order valence-electron chi connectivity index (χ2n) is 5.96. The van der Waals surface area contributed by atoms with E-state index in [0.717, 1.165) is 31.5 Å². The Morgan fingerprint density at radius 3 is 2.86 bits per heavy atom. The van der Waals surface area contributed by atoms with E-state index in [2.05, 4.69) is 17.6 Å². The molecule has 1 aromatic rings. The van der Waals surface area contributed by atoms with Gasteiger partial charge in [0.15, 0.2) is 0 Å². The highest BCUT2D eigenvalue weighted by Gasteiger charge is 2.18. The lowest BCUT2D eigenvalue weighted by Crippen LogP contribution is -2.40. The molecule has 22 heavy (non-hydrogen) atoms. The lowest BCUT2D eigenvalue weighted by Gasteiger charge is -2.21. The number of carbonyl (C=O) groups is 2. The molecule has 5 nitrogen and oxygen atoms in total. The largest absolute Gasteiger partial charge is 0.355 e. The fourth-order valence-corrected chi connectivity index (χ4v) is 2.72. The van der Waals surface area contributed by atoms with Gasteiger partial charge in [-0.1, -0.05) is 19.1 Å². The van der Waals surface area contributed by atoms with Crippen LogP contribution >= 0.6 is 0 Å². The summed E-state index contributed by atoms with van der Waals surface area (Å²) in [4.78, 5) is 25.7. The summed E-state index contributed by atoms with van der Waals surface area (Å²) in [5, 5.41) is 5.55. The fourth-order valence-electron chi connectivity index (χ4n) is 2.72. The van der Waals surface area contributed by atoms with E-state index in [1.54, 1.807) is 13.1 Å². The third-order valence-electron chi connectivity index (χ3n) is 4.16. The van der Waals surface area contributed by atoms with Gasteiger partial charge in [-0.05, 0) is 42.9 Å². The van der Waals surface area contributed by atoms with Gasteiger partial charge in [-0.3, -0.25) is 4.79 Å². The van der Waals surface area contributed by atoms with Crippen molar-refractivity contribution in [2.45, 2.75) is 32.7 Å². The molecule has 0 bridgehead atoms. The maximum absolute atomic E-state index is 12.2. The van der Waals surface area contributed by atoms with Gasteiger partial charge in [0.25, 0.3) is 5.91 Å². The molecule has 0 aliphatic carbocycles. The Balaban J connectivity index is 1.89. The summed E-state index contributed by atoms with van der Waals surface area (Å²) in [5.74, 6) is 0.580. The quantitative estimate of drug-likeness (QED) is 0.900. The summed E-state index contributed by atoms with van der Waals surface area (Å²) in [6.07, 6.45) is 3.33. The van der Waals surface area contributed by atoms with E-state index in [1.165, 1.54) is 6.42 Å². The predicted octanol–water partition coefficient (Wildman–Crippen LogP) is 2.38. The Kier molecular flexibility index (Phi) is 5.81. The molecule has 1 saturated heterocycles. The standard InChI is InChI=1S/C17H25N3O2/c1-13-5-4-9-20(10-8-13)17(22)19-12-14-6-3-7-15(11-14)16(21)18-2/h3,6-7,11,13H,4-5,8-10,12H2,1-2H3,(H,18,21)(H,19,22). The van der Waals surface area contributed by atoms with Crippen LogP contribution in [0.4, 0.5) is 4.79 Å². The Bertz CT molecular complexity index is 530. The van der Waals surface area contributed by atoms with Crippen molar-refractivity contribution >= 4 is 11.9 Å². The van der Waals surface area contributed by atoms with Gasteiger partial charge in [-0.15, -0.1) is 0 Å². The Hall–Kier alpha value is -2.04. The van der Waals surface area contributed by atoms with Gasteiger partial charge in [-0.25, -0.2) is 4.79 Å². The van der Waals surface area contributed by atoms with Gasteiger partial charge >= 0.3 is 6.03 Å². The van der Waals surface area contributed by atoms with Gasteiger partial charge in [-0.2, -0.15) is 0 Å². The summed E-state index contributed by atoms with van der Waals surface area (Å²) in [6.45, 7) is 4.33. The summed E-state index contributed by atoms with van der Waals surface area (Å²) in [6, 6.07) is 7.31. The van der Waals surface area contributed by atoms with Crippen LogP contribution in [-0.4, -0.2) is 37.0 Å². The van der Waals surface area contributed by atoms with Crippen LogP contribution in [-0.2, 0) is 6.54 Å². The SMILES string of the molecule is CNC(=O)c1cccc(CNC(=O)N2CCCC(C)CC2)c1. The molecule has 1 aliphatic heterocycles. The second kappa shape index (κ2) is 7.82. The average Bonchev–Trinajstić information content (AvgIpc) is 2.76. The van der Waals surface area contributed by atoms with E-state index in [-0.39, 0.29) is 11.9 Å². The minimum absolute atomic E-state index is 0.0144. The van der Waals surface area contributed by atoms with Crippen molar-refractivity contribution in [2.75, 3.05) is 20.1 Å². The van der Waals surface area contributed by atoms with Crippen molar-refractivity contribution in [2.24, 2.45) is 5.92 Å². The molecule has 0 spiro atoms. The molecule has 2 rings (SSSR count). The Morgan fingerprint density at radius 1 is 1.27 bits per heavy atom.